The molecule has 17 heavy (non-hydrogen) atoms. The minimum atomic E-state index is -1.03. The van der Waals surface area contributed by atoms with Crippen LogP contribution in [0, 0.1) is 0 Å². The molecule has 0 aliphatic heterocycles. The number of carbonyl (C=O) groups excluding carboxylic acids is 1. The van der Waals surface area contributed by atoms with Crippen molar-refractivity contribution in [2.75, 3.05) is 6.61 Å². The van der Waals surface area contributed by atoms with E-state index in [0.29, 0.717) is 5.56 Å². The number of ether oxygens (including phenoxy) is 1. The highest BCUT2D eigenvalue weighted by molar-refractivity contribution is 5.87. The van der Waals surface area contributed by atoms with Crippen LogP contribution in [-0.2, 0) is 9.53 Å². The first-order valence-electron chi connectivity index (χ1n) is 4.92. The molecule has 1 aromatic carbocycles. The fourth-order valence-electron chi connectivity index (χ4n) is 1.20. The molecule has 1 atom stereocenters. The molecule has 1 aromatic rings. The number of hydrogen-bond donors (Lipinski definition) is 2. The van der Waals surface area contributed by atoms with Gasteiger partial charge in [-0.15, -0.1) is 0 Å². The minimum absolute atomic E-state index is 0.0970. The van der Waals surface area contributed by atoms with Gasteiger partial charge in [0, 0.05) is 0 Å². The van der Waals surface area contributed by atoms with Crippen molar-refractivity contribution in [1.82, 2.24) is 0 Å². The lowest BCUT2D eigenvalue weighted by molar-refractivity contribution is -0.144. The van der Waals surface area contributed by atoms with E-state index >= 15 is 0 Å². The maximum Gasteiger partial charge on any atom is 0.335 e. The molecule has 1 unspecified atom stereocenters. The molecule has 5 heteroatoms. The quantitative estimate of drug-likeness (QED) is 0.589. The number of carbonyl (C=O) groups is 2. The van der Waals surface area contributed by atoms with Crippen LogP contribution >= 0.6 is 0 Å². The molecule has 0 saturated heterocycles. The van der Waals surface area contributed by atoms with E-state index in [4.69, 9.17) is 15.6 Å². The van der Waals surface area contributed by atoms with Gasteiger partial charge in [0.1, 0.15) is 12.6 Å². The Balaban J connectivity index is 2.75. The Labute approximate surface area is 98.5 Å². The molecule has 3 N–H and O–H groups in total. The minimum Gasteiger partial charge on any atom is -0.478 e. The zero-order valence-corrected chi connectivity index (χ0v) is 9.13. The molecule has 5 nitrogen and oxygen atoms in total. The highest BCUT2D eigenvalue weighted by Crippen LogP contribution is 2.13. The summed E-state index contributed by atoms with van der Waals surface area (Å²) >= 11 is 0. The van der Waals surface area contributed by atoms with E-state index < -0.39 is 18.0 Å². The van der Waals surface area contributed by atoms with Gasteiger partial charge in [-0.05, 0) is 17.7 Å². The van der Waals surface area contributed by atoms with Gasteiger partial charge < -0.3 is 15.6 Å². The predicted molar refractivity (Wildman–Crippen MR) is 61.5 cm³/mol. The van der Waals surface area contributed by atoms with Crippen molar-refractivity contribution in [2.24, 2.45) is 5.73 Å². The van der Waals surface area contributed by atoms with Crippen molar-refractivity contribution in [3.05, 3.63) is 48.0 Å². The lowest BCUT2D eigenvalue weighted by atomic mass is 10.1. The summed E-state index contributed by atoms with van der Waals surface area (Å²) < 4.78 is 4.79. The van der Waals surface area contributed by atoms with Gasteiger partial charge in [-0.25, -0.2) is 9.59 Å². The van der Waals surface area contributed by atoms with Crippen LogP contribution < -0.4 is 5.73 Å². The molecule has 90 valence electrons. The van der Waals surface area contributed by atoms with E-state index in [1.807, 2.05) is 0 Å². The van der Waals surface area contributed by atoms with Crippen LogP contribution in [0.1, 0.15) is 22.0 Å². The van der Waals surface area contributed by atoms with Crippen LogP contribution in [0.25, 0.3) is 0 Å². The van der Waals surface area contributed by atoms with E-state index in [2.05, 4.69) is 6.58 Å². The fourth-order valence-corrected chi connectivity index (χ4v) is 1.20. The molecule has 0 aliphatic carbocycles. The maximum atomic E-state index is 11.4. The third-order valence-corrected chi connectivity index (χ3v) is 2.11. The topological polar surface area (TPSA) is 89.6 Å². The zero-order valence-electron chi connectivity index (χ0n) is 9.13. The molecule has 0 radical (unpaired) electrons. The molecule has 0 aliphatic rings. The number of aromatic carboxylic acids is 1. The third-order valence-electron chi connectivity index (χ3n) is 2.11. The van der Waals surface area contributed by atoms with Crippen molar-refractivity contribution in [2.45, 2.75) is 6.04 Å². The first-order valence-corrected chi connectivity index (χ1v) is 4.92. The zero-order chi connectivity index (χ0) is 12.8. The molecular weight excluding hydrogens is 222 g/mol. The van der Waals surface area contributed by atoms with Crippen molar-refractivity contribution >= 4 is 11.9 Å². The number of carboxylic acid groups (broad SMARTS) is 1. The Morgan fingerprint density at radius 3 is 2.47 bits per heavy atom. The Kier molecular flexibility index (Phi) is 4.42. The molecule has 0 aromatic heterocycles. The standard InChI is InChI=1S/C12H13NO4/c1-2-7-17-12(16)10(13)8-3-5-9(6-4-8)11(14)15/h2-6,10H,1,7,13H2,(H,14,15). The summed E-state index contributed by atoms with van der Waals surface area (Å²) in [6, 6.07) is 4.83. The average Bonchev–Trinajstić information content (AvgIpc) is 2.35. The van der Waals surface area contributed by atoms with Crippen molar-refractivity contribution < 1.29 is 19.4 Å². The summed E-state index contributed by atoms with van der Waals surface area (Å²) in [6.45, 7) is 3.51. The normalized spacial score (nSPS) is 11.6. The van der Waals surface area contributed by atoms with Gasteiger partial charge in [-0.1, -0.05) is 24.8 Å². The Hall–Kier alpha value is -2.14. The van der Waals surface area contributed by atoms with Gasteiger partial charge in [-0.3, -0.25) is 0 Å². The number of nitrogens with two attached hydrogens (primary N) is 1. The van der Waals surface area contributed by atoms with Crippen molar-refractivity contribution in [1.29, 1.82) is 0 Å². The Morgan fingerprint density at radius 1 is 1.41 bits per heavy atom. The predicted octanol–water partition coefficient (Wildman–Crippen LogP) is 1.11. The number of rotatable bonds is 5. The van der Waals surface area contributed by atoms with E-state index in [9.17, 15) is 9.59 Å². The molecule has 0 fully saturated rings. The van der Waals surface area contributed by atoms with Crippen molar-refractivity contribution in [3.63, 3.8) is 0 Å². The van der Waals surface area contributed by atoms with Gasteiger partial charge in [-0.2, -0.15) is 0 Å². The molecule has 1 rings (SSSR count). The number of benzene rings is 1. The van der Waals surface area contributed by atoms with Crippen molar-refractivity contribution in [3.8, 4) is 0 Å². The van der Waals surface area contributed by atoms with Gasteiger partial charge in [0.25, 0.3) is 0 Å². The number of esters is 1. The van der Waals surface area contributed by atoms with E-state index in [-0.39, 0.29) is 12.2 Å². The highest BCUT2D eigenvalue weighted by atomic mass is 16.5. The van der Waals surface area contributed by atoms with Crippen LogP contribution in [0.15, 0.2) is 36.9 Å². The van der Waals surface area contributed by atoms with Crippen LogP contribution in [0.5, 0.6) is 0 Å². The van der Waals surface area contributed by atoms with Gasteiger partial charge >= 0.3 is 11.9 Å². The SMILES string of the molecule is C=CCOC(=O)C(N)c1ccc(C(=O)O)cc1. The maximum absolute atomic E-state index is 11.4. The fraction of sp³-hybridized carbons (Fsp3) is 0.167. The second-order valence-corrected chi connectivity index (χ2v) is 3.32. The Morgan fingerprint density at radius 2 is 2.00 bits per heavy atom. The summed E-state index contributed by atoms with van der Waals surface area (Å²) in [5, 5.41) is 8.71. The second-order valence-electron chi connectivity index (χ2n) is 3.32. The van der Waals surface area contributed by atoms with Gasteiger partial charge in [0.2, 0.25) is 0 Å². The smallest absolute Gasteiger partial charge is 0.335 e. The lowest BCUT2D eigenvalue weighted by Crippen LogP contribution is -2.23. The number of carboxylic acids is 1. The van der Waals surface area contributed by atoms with Gasteiger partial charge in [0.05, 0.1) is 5.56 Å². The van der Waals surface area contributed by atoms with E-state index in [1.165, 1.54) is 30.3 Å². The lowest BCUT2D eigenvalue weighted by Gasteiger charge is -2.10. The molecule has 0 amide bonds. The second kappa shape index (κ2) is 5.81. The first kappa shape index (κ1) is 12.9. The molecular formula is C12H13NO4. The van der Waals surface area contributed by atoms with Crippen LogP contribution in [0.4, 0.5) is 0 Å². The summed E-state index contributed by atoms with van der Waals surface area (Å²) in [6.07, 6.45) is 1.44. The van der Waals surface area contributed by atoms with E-state index in [0.717, 1.165) is 0 Å². The van der Waals surface area contributed by atoms with Crippen LogP contribution in [0.2, 0.25) is 0 Å². The summed E-state index contributed by atoms with van der Waals surface area (Å²) in [4.78, 5) is 22.0. The molecule has 0 saturated carbocycles. The van der Waals surface area contributed by atoms with Crippen LogP contribution in [-0.4, -0.2) is 23.7 Å². The molecule has 0 bridgehead atoms. The summed E-state index contributed by atoms with van der Waals surface area (Å²) in [5.74, 6) is -1.60. The third kappa shape index (κ3) is 3.42. The summed E-state index contributed by atoms with van der Waals surface area (Å²) in [7, 11) is 0. The monoisotopic (exact) mass is 235 g/mol. The number of hydrogen-bond acceptors (Lipinski definition) is 4. The van der Waals surface area contributed by atoms with Crippen LogP contribution in [0.3, 0.4) is 0 Å². The first-order chi connectivity index (χ1) is 8.06. The Bertz CT molecular complexity index is 425. The highest BCUT2D eigenvalue weighted by Gasteiger charge is 2.17. The van der Waals surface area contributed by atoms with Gasteiger partial charge in [0.15, 0.2) is 0 Å². The average molecular weight is 235 g/mol. The molecule has 0 spiro atoms. The van der Waals surface area contributed by atoms with E-state index in [1.54, 1.807) is 0 Å². The summed E-state index contributed by atoms with van der Waals surface area (Å²) in [5.41, 5.74) is 6.29. The largest absolute Gasteiger partial charge is 0.478 e. The molecule has 0 heterocycles.